The van der Waals surface area contributed by atoms with Gasteiger partial charge in [0.25, 0.3) is 5.91 Å². The Hall–Kier alpha value is -1.84. The highest BCUT2D eigenvalue weighted by Crippen LogP contribution is 2.11. The number of hydrogen-bond acceptors (Lipinski definition) is 3. The lowest BCUT2D eigenvalue weighted by Crippen LogP contribution is -2.43. The van der Waals surface area contributed by atoms with E-state index >= 15 is 0 Å². The Morgan fingerprint density at radius 1 is 1.41 bits per heavy atom. The summed E-state index contributed by atoms with van der Waals surface area (Å²) in [6.07, 6.45) is 0.738. The van der Waals surface area contributed by atoms with Crippen LogP contribution in [-0.4, -0.2) is 24.3 Å². The first kappa shape index (κ1) is 13.2. The Morgan fingerprint density at radius 3 is 2.71 bits per heavy atom. The van der Waals surface area contributed by atoms with Gasteiger partial charge in [-0.05, 0) is 32.9 Å². The van der Waals surface area contributed by atoms with Gasteiger partial charge in [-0.3, -0.25) is 9.59 Å². The molecule has 4 heteroatoms. The standard InChI is InChI=1S/C13H17NO3/c1-13(2,3)14-12(16)9-17-11-6-4-5-10(7-11)8-15/h4-8H,9H2,1-3H3,(H,14,16). The monoisotopic (exact) mass is 235 g/mol. The molecule has 92 valence electrons. The van der Waals surface area contributed by atoms with Crippen molar-refractivity contribution in [3.8, 4) is 5.75 Å². The van der Waals surface area contributed by atoms with Crippen molar-refractivity contribution in [1.82, 2.24) is 5.32 Å². The van der Waals surface area contributed by atoms with Crippen molar-refractivity contribution in [3.05, 3.63) is 29.8 Å². The smallest absolute Gasteiger partial charge is 0.258 e. The Morgan fingerprint density at radius 2 is 2.12 bits per heavy atom. The molecule has 4 nitrogen and oxygen atoms in total. The second-order valence-corrected chi connectivity index (χ2v) is 4.78. The predicted molar refractivity (Wildman–Crippen MR) is 65.2 cm³/mol. The summed E-state index contributed by atoms with van der Waals surface area (Å²) in [7, 11) is 0. The molecule has 0 heterocycles. The first-order valence-corrected chi connectivity index (χ1v) is 5.40. The lowest BCUT2D eigenvalue weighted by Gasteiger charge is -2.20. The molecule has 0 bridgehead atoms. The van der Waals surface area contributed by atoms with Crippen LogP contribution in [0.15, 0.2) is 24.3 Å². The van der Waals surface area contributed by atoms with Crippen molar-refractivity contribution >= 4 is 12.2 Å². The predicted octanol–water partition coefficient (Wildman–Crippen LogP) is 1.79. The number of carbonyl (C=O) groups excluding carboxylic acids is 2. The van der Waals surface area contributed by atoms with E-state index in [2.05, 4.69) is 5.32 Å². The minimum Gasteiger partial charge on any atom is -0.484 e. The fraction of sp³-hybridized carbons (Fsp3) is 0.385. The third kappa shape index (κ3) is 5.15. The Bertz CT molecular complexity index is 407. The highest BCUT2D eigenvalue weighted by Gasteiger charge is 2.13. The Kier molecular flexibility index (Phi) is 4.26. The van der Waals surface area contributed by atoms with Crippen LogP contribution in [-0.2, 0) is 4.79 Å². The van der Waals surface area contributed by atoms with E-state index in [4.69, 9.17) is 4.74 Å². The molecule has 0 aliphatic rings. The van der Waals surface area contributed by atoms with Crippen LogP contribution in [0, 0.1) is 0 Å². The Labute approximate surface area is 101 Å². The number of aldehydes is 1. The number of ether oxygens (including phenoxy) is 1. The van der Waals surface area contributed by atoms with E-state index in [1.807, 2.05) is 20.8 Å². The number of hydrogen-bond donors (Lipinski definition) is 1. The van der Waals surface area contributed by atoms with Crippen LogP contribution >= 0.6 is 0 Å². The zero-order valence-corrected chi connectivity index (χ0v) is 10.3. The van der Waals surface area contributed by atoms with Crippen molar-refractivity contribution < 1.29 is 14.3 Å². The number of amides is 1. The van der Waals surface area contributed by atoms with Crippen molar-refractivity contribution in [3.63, 3.8) is 0 Å². The van der Waals surface area contributed by atoms with E-state index in [0.717, 1.165) is 6.29 Å². The summed E-state index contributed by atoms with van der Waals surface area (Å²) in [5, 5.41) is 2.78. The van der Waals surface area contributed by atoms with Crippen LogP contribution < -0.4 is 10.1 Å². The van der Waals surface area contributed by atoms with Gasteiger partial charge in [0, 0.05) is 11.1 Å². The normalized spacial score (nSPS) is 10.8. The molecule has 1 rings (SSSR count). The average molecular weight is 235 g/mol. The zero-order valence-electron chi connectivity index (χ0n) is 10.3. The first-order valence-electron chi connectivity index (χ1n) is 5.40. The highest BCUT2D eigenvalue weighted by molar-refractivity contribution is 5.78. The van der Waals surface area contributed by atoms with E-state index in [1.165, 1.54) is 0 Å². The van der Waals surface area contributed by atoms with E-state index in [-0.39, 0.29) is 18.1 Å². The molecule has 0 saturated heterocycles. The minimum atomic E-state index is -0.273. The zero-order chi connectivity index (χ0) is 12.9. The molecule has 0 unspecified atom stereocenters. The number of rotatable bonds is 4. The second-order valence-electron chi connectivity index (χ2n) is 4.78. The number of benzene rings is 1. The van der Waals surface area contributed by atoms with E-state index < -0.39 is 0 Å². The lowest BCUT2D eigenvalue weighted by atomic mass is 10.1. The quantitative estimate of drug-likeness (QED) is 0.809. The van der Waals surface area contributed by atoms with Crippen molar-refractivity contribution in [2.75, 3.05) is 6.61 Å². The van der Waals surface area contributed by atoms with Gasteiger partial charge in [0.15, 0.2) is 6.61 Å². The van der Waals surface area contributed by atoms with E-state index in [9.17, 15) is 9.59 Å². The summed E-state index contributed by atoms with van der Waals surface area (Å²) in [6, 6.07) is 6.69. The van der Waals surface area contributed by atoms with Crippen LogP contribution in [0.1, 0.15) is 31.1 Å². The molecule has 0 aliphatic carbocycles. The number of carbonyl (C=O) groups is 2. The summed E-state index contributed by atoms with van der Waals surface area (Å²) in [4.78, 5) is 22.0. The molecular formula is C13H17NO3. The average Bonchev–Trinajstić information content (AvgIpc) is 2.24. The molecular weight excluding hydrogens is 218 g/mol. The van der Waals surface area contributed by atoms with E-state index in [1.54, 1.807) is 24.3 Å². The fourth-order valence-corrected chi connectivity index (χ4v) is 1.28. The van der Waals surface area contributed by atoms with Crippen molar-refractivity contribution in [2.45, 2.75) is 26.3 Å². The third-order valence-corrected chi connectivity index (χ3v) is 1.88. The largest absolute Gasteiger partial charge is 0.484 e. The molecule has 0 saturated carbocycles. The van der Waals surface area contributed by atoms with Gasteiger partial charge >= 0.3 is 0 Å². The molecule has 0 fully saturated rings. The van der Waals surface area contributed by atoms with Gasteiger partial charge in [0.05, 0.1) is 0 Å². The molecule has 1 aromatic rings. The molecule has 17 heavy (non-hydrogen) atoms. The van der Waals surface area contributed by atoms with Crippen molar-refractivity contribution in [2.24, 2.45) is 0 Å². The topological polar surface area (TPSA) is 55.4 Å². The van der Waals surface area contributed by atoms with Gasteiger partial charge in [0.1, 0.15) is 12.0 Å². The van der Waals surface area contributed by atoms with Crippen LogP contribution in [0.3, 0.4) is 0 Å². The number of nitrogens with one attached hydrogen (secondary N) is 1. The highest BCUT2D eigenvalue weighted by atomic mass is 16.5. The SMILES string of the molecule is CC(C)(C)NC(=O)COc1cccc(C=O)c1. The van der Waals surface area contributed by atoms with Gasteiger partial charge in [-0.15, -0.1) is 0 Å². The molecule has 1 N–H and O–H groups in total. The lowest BCUT2D eigenvalue weighted by molar-refractivity contribution is -0.124. The van der Waals surface area contributed by atoms with Crippen LogP contribution in [0.2, 0.25) is 0 Å². The van der Waals surface area contributed by atoms with Gasteiger partial charge in [-0.2, -0.15) is 0 Å². The van der Waals surface area contributed by atoms with Crippen LogP contribution in [0.4, 0.5) is 0 Å². The molecule has 1 amide bonds. The summed E-state index contributed by atoms with van der Waals surface area (Å²) in [5.41, 5.74) is 0.254. The fourth-order valence-electron chi connectivity index (χ4n) is 1.28. The minimum absolute atomic E-state index is 0.0560. The molecule has 1 aromatic carbocycles. The van der Waals surface area contributed by atoms with Crippen molar-refractivity contribution in [1.29, 1.82) is 0 Å². The maximum Gasteiger partial charge on any atom is 0.258 e. The van der Waals surface area contributed by atoms with Gasteiger partial charge in [-0.25, -0.2) is 0 Å². The summed E-state index contributed by atoms with van der Waals surface area (Å²) >= 11 is 0. The third-order valence-electron chi connectivity index (χ3n) is 1.88. The molecule has 0 aromatic heterocycles. The summed E-state index contributed by atoms with van der Waals surface area (Å²) < 4.78 is 5.29. The molecule has 0 spiro atoms. The molecule has 0 radical (unpaired) electrons. The van der Waals surface area contributed by atoms with E-state index in [0.29, 0.717) is 11.3 Å². The van der Waals surface area contributed by atoms with Gasteiger partial charge < -0.3 is 10.1 Å². The van der Waals surface area contributed by atoms with Gasteiger partial charge in [-0.1, -0.05) is 12.1 Å². The summed E-state index contributed by atoms with van der Waals surface area (Å²) in [5.74, 6) is 0.327. The Balaban J connectivity index is 2.50. The molecule has 0 atom stereocenters. The maximum absolute atomic E-state index is 11.5. The molecule has 0 aliphatic heterocycles. The van der Waals surface area contributed by atoms with Gasteiger partial charge in [0.2, 0.25) is 0 Å². The maximum atomic E-state index is 11.5. The second kappa shape index (κ2) is 5.48. The van der Waals surface area contributed by atoms with Crippen LogP contribution in [0.25, 0.3) is 0 Å². The first-order chi connectivity index (χ1) is 7.90. The summed E-state index contributed by atoms with van der Waals surface area (Å²) in [6.45, 7) is 5.65. The van der Waals surface area contributed by atoms with Crippen LogP contribution in [0.5, 0.6) is 5.75 Å².